The molecule has 0 saturated carbocycles. The Labute approximate surface area is 84.4 Å². The largest absolute Gasteiger partial charge is 0.309 e. The topological polar surface area (TPSA) is 24.9 Å². The Balaban J connectivity index is 2.83. The summed E-state index contributed by atoms with van der Waals surface area (Å²) in [5.74, 6) is 0. The van der Waals surface area contributed by atoms with Gasteiger partial charge in [-0.3, -0.25) is 0 Å². The molecule has 1 aromatic rings. The fourth-order valence-corrected chi connectivity index (χ4v) is 2.63. The highest BCUT2D eigenvalue weighted by Gasteiger charge is 2.13. The van der Waals surface area contributed by atoms with Gasteiger partial charge in [-0.15, -0.1) is 11.3 Å². The van der Waals surface area contributed by atoms with Gasteiger partial charge in [0.2, 0.25) is 0 Å². The summed E-state index contributed by atoms with van der Waals surface area (Å²) in [7, 11) is 0. The number of aryl methyl sites for hydroxylation is 2. The van der Waals surface area contributed by atoms with Crippen molar-refractivity contribution in [3.8, 4) is 0 Å². The summed E-state index contributed by atoms with van der Waals surface area (Å²) >= 11 is 1.81. The lowest BCUT2D eigenvalue weighted by Gasteiger charge is -2.14. The zero-order valence-corrected chi connectivity index (χ0v) is 9.66. The van der Waals surface area contributed by atoms with E-state index in [1.54, 1.807) is 0 Å². The van der Waals surface area contributed by atoms with Crippen LogP contribution in [0.4, 0.5) is 0 Å². The van der Waals surface area contributed by atoms with Gasteiger partial charge in [-0.1, -0.05) is 13.8 Å². The first kappa shape index (κ1) is 10.7. The molecule has 1 N–H and O–H groups in total. The molecule has 0 fully saturated rings. The molecule has 3 heteroatoms. The number of hydrogen-bond donors (Lipinski definition) is 1. The average Bonchev–Trinajstić information content (AvgIpc) is 2.41. The molecule has 1 atom stereocenters. The second-order valence-corrected chi connectivity index (χ2v) is 4.44. The molecular weight excluding hydrogens is 180 g/mol. The minimum Gasteiger partial charge on any atom is -0.309 e. The molecule has 0 radical (unpaired) electrons. The highest BCUT2D eigenvalue weighted by atomic mass is 32.1. The summed E-state index contributed by atoms with van der Waals surface area (Å²) in [6, 6.07) is 0.496. The van der Waals surface area contributed by atoms with Crippen LogP contribution in [-0.4, -0.2) is 11.5 Å². The van der Waals surface area contributed by atoms with Crippen molar-refractivity contribution >= 4 is 11.3 Å². The number of hydrogen-bond acceptors (Lipinski definition) is 3. The van der Waals surface area contributed by atoms with Gasteiger partial charge in [0.15, 0.2) is 0 Å². The SMILES string of the molecule is CCNC(CC)c1sc(C)nc1C. The number of thiazole rings is 1. The highest BCUT2D eigenvalue weighted by molar-refractivity contribution is 7.11. The first-order valence-corrected chi connectivity index (χ1v) is 5.68. The Kier molecular flexibility index (Phi) is 3.88. The molecule has 0 aliphatic heterocycles. The predicted molar refractivity (Wildman–Crippen MR) is 58.3 cm³/mol. The second kappa shape index (κ2) is 4.72. The summed E-state index contributed by atoms with van der Waals surface area (Å²) in [6.45, 7) is 9.54. The maximum absolute atomic E-state index is 4.44. The Morgan fingerprint density at radius 3 is 2.46 bits per heavy atom. The van der Waals surface area contributed by atoms with Crippen LogP contribution in [0.5, 0.6) is 0 Å². The molecule has 13 heavy (non-hydrogen) atoms. The fraction of sp³-hybridized carbons (Fsp3) is 0.700. The van der Waals surface area contributed by atoms with Crippen LogP contribution < -0.4 is 5.32 Å². The number of rotatable bonds is 4. The molecule has 1 unspecified atom stereocenters. The van der Waals surface area contributed by atoms with Gasteiger partial charge < -0.3 is 5.32 Å². The normalized spacial score (nSPS) is 13.2. The third-order valence-electron chi connectivity index (χ3n) is 2.11. The van der Waals surface area contributed by atoms with Crippen LogP contribution in [0.25, 0.3) is 0 Å². The molecular formula is C10H18N2S. The van der Waals surface area contributed by atoms with Crippen molar-refractivity contribution in [2.24, 2.45) is 0 Å². The molecule has 1 aromatic heterocycles. The lowest BCUT2D eigenvalue weighted by molar-refractivity contribution is 0.542. The lowest BCUT2D eigenvalue weighted by atomic mass is 10.1. The Bertz CT molecular complexity index is 268. The highest BCUT2D eigenvalue weighted by Crippen LogP contribution is 2.26. The van der Waals surface area contributed by atoms with E-state index in [1.807, 2.05) is 11.3 Å². The van der Waals surface area contributed by atoms with Gasteiger partial charge >= 0.3 is 0 Å². The van der Waals surface area contributed by atoms with E-state index in [0.29, 0.717) is 6.04 Å². The maximum atomic E-state index is 4.44. The van der Waals surface area contributed by atoms with E-state index in [1.165, 1.54) is 15.6 Å². The summed E-state index contributed by atoms with van der Waals surface area (Å²) in [5, 5.41) is 4.64. The van der Waals surface area contributed by atoms with Crippen LogP contribution in [-0.2, 0) is 0 Å². The van der Waals surface area contributed by atoms with Crippen molar-refractivity contribution in [1.82, 2.24) is 10.3 Å². The smallest absolute Gasteiger partial charge is 0.0900 e. The van der Waals surface area contributed by atoms with E-state index in [4.69, 9.17) is 0 Å². The van der Waals surface area contributed by atoms with Crippen LogP contribution in [0.3, 0.4) is 0 Å². The predicted octanol–water partition coefficient (Wildman–Crippen LogP) is 2.82. The Morgan fingerprint density at radius 1 is 1.38 bits per heavy atom. The standard InChI is InChI=1S/C10H18N2S/c1-5-9(11-6-2)10-7(3)12-8(4)13-10/h9,11H,5-6H2,1-4H3. The molecule has 0 saturated heterocycles. The van der Waals surface area contributed by atoms with Gasteiger partial charge in [0.1, 0.15) is 0 Å². The first-order valence-electron chi connectivity index (χ1n) is 4.86. The summed E-state index contributed by atoms with van der Waals surface area (Å²) in [4.78, 5) is 5.85. The van der Waals surface area contributed by atoms with Crippen LogP contribution in [0.1, 0.15) is 41.9 Å². The fourth-order valence-electron chi connectivity index (χ4n) is 1.54. The molecule has 0 aliphatic rings. The van der Waals surface area contributed by atoms with E-state index in [2.05, 4.69) is 38.0 Å². The first-order chi connectivity index (χ1) is 6.19. The molecule has 1 heterocycles. The molecule has 0 aromatic carbocycles. The number of nitrogens with zero attached hydrogens (tertiary/aromatic N) is 1. The van der Waals surface area contributed by atoms with E-state index in [9.17, 15) is 0 Å². The Morgan fingerprint density at radius 2 is 2.08 bits per heavy atom. The van der Waals surface area contributed by atoms with E-state index >= 15 is 0 Å². The second-order valence-electron chi connectivity index (χ2n) is 3.20. The zero-order valence-electron chi connectivity index (χ0n) is 8.85. The van der Waals surface area contributed by atoms with Gasteiger partial charge in [0, 0.05) is 10.9 Å². The molecule has 0 amide bonds. The van der Waals surface area contributed by atoms with Crippen LogP contribution in [0.15, 0.2) is 0 Å². The summed E-state index contributed by atoms with van der Waals surface area (Å²) < 4.78 is 0. The zero-order chi connectivity index (χ0) is 9.84. The molecule has 0 spiro atoms. The quantitative estimate of drug-likeness (QED) is 0.804. The van der Waals surface area contributed by atoms with Crippen molar-refractivity contribution in [3.05, 3.63) is 15.6 Å². The van der Waals surface area contributed by atoms with Gasteiger partial charge in [0.25, 0.3) is 0 Å². The minimum atomic E-state index is 0.496. The number of nitrogens with one attached hydrogen (secondary N) is 1. The van der Waals surface area contributed by atoms with Crippen molar-refractivity contribution in [3.63, 3.8) is 0 Å². The van der Waals surface area contributed by atoms with Crippen LogP contribution >= 0.6 is 11.3 Å². The van der Waals surface area contributed by atoms with Gasteiger partial charge in [-0.05, 0) is 26.8 Å². The van der Waals surface area contributed by atoms with Crippen LogP contribution in [0, 0.1) is 13.8 Å². The Hall–Kier alpha value is -0.410. The van der Waals surface area contributed by atoms with E-state index < -0.39 is 0 Å². The third-order valence-corrected chi connectivity index (χ3v) is 3.30. The molecule has 1 rings (SSSR count). The third kappa shape index (κ3) is 2.51. The van der Waals surface area contributed by atoms with Crippen molar-refractivity contribution in [1.29, 1.82) is 0 Å². The number of aromatic nitrogens is 1. The molecule has 0 aliphatic carbocycles. The van der Waals surface area contributed by atoms with Crippen LogP contribution in [0.2, 0.25) is 0 Å². The van der Waals surface area contributed by atoms with Gasteiger partial charge in [-0.2, -0.15) is 0 Å². The van der Waals surface area contributed by atoms with Gasteiger partial charge in [0.05, 0.1) is 10.7 Å². The molecule has 74 valence electrons. The monoisotopic (exact) mass is 198 g/mol. The van der Waals surface area contributed by atoms with Crippen molar-refractivity contribution in [2.75, 3.05) is 6.54 Å². The molecule has 0 bridgehead atoms. The minimum absolute atomic E-state index is 0.496. The molecule has 2 nitrogen and oxygen atoms in total. The van der Waals surface area contributed by atoms with Crippen molar-refractivity contribution in [2.45, 2.75) is 40.2 Å². The lowest BCUT2D eigenvalue weighted by Crippen LogP contribution is -2.19. The van der Waals surface area contributed by atoms with Crippen molar-refractivity contribution < 1.29 is 0 Å². The van der Waals surface area contributed by atoms with Gasteiger partial charge in [-0.25, -0.2) is 4.98 Å². The summed E-state index contributed by atoms with van der Waals surface area (Å²) in [6.07, 6.45) is 1.14. The van der Waals surface area contributed by atoms with E-state index in [0.717, 1.165) is 13.0 Å². The summed E-state index contributed by atoms with van der Waals surface area (Å²) in [5.41, 5.74) is 1.19. The van der Waals surface area contributed by atoms with E-state index in [-0.39, 0.29) is 0 Å². The maximum Gasteiger partial charge on any atom is 0.0900 e. The average molecular weight is 198 g/mol.